The van der Waals surface area contributed by atoms with Crippen LogP contribution < -0.4 is 0 Å². The molecule has 1 aliphatic heterocycles. The van der Waals surface area contributed by atoms with Crippen molar-refractivity contribution in [2.45, 2.75) is 97.2 Å². The van der Waals surface area contributed by atoms with Crippen molar-refractivity contribution in [2.24, 2.45) is 11.8 Å². The number of aryl methyl sites for hydroxylation is 1. The molecule has 1 saturated heterocycles. The van der Waals surface area contributed by atoms with E-state index in [-0.39, 0.29) is 6.29 Å². The standard InChI is InChI=1S/C31H44O2/c1-4-6-7-9-25-21-32-31(33-22-25)28-16-14-27(15-17-28)30-19-18-29(20-23(30)3)26-12-10-24(8-5-2)11-13-26/h14-20,24-26,31H,4-13,21-22H2,1-3H3. The average Bonchev–Trinajstić information content (AvgIpc) is 2.85. The zero-order valence-electron chi connectivity index (χ0n) is 21.2. The Balaban J connectivity index is 1.33. The Hall–Kier alpha value is -1.64. The van der Waals surface area contributed by atoms with Crippen LogP contribution in [0.4, 0.5) is 0 Å². The van der Waals surface area contributed by atoms with E-state index in [4.69, 9.17) is 9.47 Å². The maximum atomic E-state index is 6.06. The van der Waals surface area contributed by atoms with Gasteiger partial charge in [0.25, 0.3) is 0 Å². The molecule has 0 atom stereocenters. The maximum Gasteiger partial charge on any atom is 0.183 e. The molecule has 1 saturated carbocycles. The Labute approximate surface area is 202 Å². The minimum atomic E-state index is -0.215. The van der Waals surface area contributed by atoms with Crippen LogP contribution in [0.3, 0.4) is 0 Å². The van der Waals surface area contributed by atoms with Crippen molar-refractivity contribution in [1.29, 1.82) is 0 Å². The van der Waals surface area contributed by atoms with E-state index in [9.17, 15) is 0 Å². The minimum Gasteiger partial charge on any atom is -0.348 e. The Morgan fingerprint density at radius 1 is 0.727 bits per heavy atom. The molecule has 2 aromatic carbocycles. The number of unbranched alkanes of at least 4 members (excludes halogenated alkanes) is 2. The zero-order valence-corrected chi connectivity index (χ0v) is 21.2. The summed E-state index contributed by atoms with van der Waals surface area (Å²) in [4.78, 5) is 0. The largest absolute Gasteiger partial charge is 0.348 e. The molecular weight excluding hydrogens is 404 g/mol. The molecule has 180 valence electrons. The van der Waals surface area contributed by atoms with Gasteiger partial charge < -0.3 is 9.47 Å². The summed E-state index contributed by atoms with van der Waals surface area (Å²) < 4.78 is 12.1. The molecule has 33 heavy (non-hydrogen) atoms. The number of ether oxygens (including phenoxy) is 2. The van der Waals surface area contributed by atoms with Crippen molar-refractivity contribution in [1.82, 2.24) is 0 Å². The van der Waals surface area contributed by atoms with Gasteiger partial charge in [-0.1, -0.05) is 88.4 Å². The smallest absolute Gasteiger partial charge is 0.183 e. The van der Waals surface area contributed by atoms with Crippen LogP contribution in [0.25, 0.3) is 11.1 Å². The second kappa shape index (κ2) is 12.2. The van der Waals surface area contributed by atoms with E-state index in [2.05, 4.69) is 63.2 Å². The molecule has 0 spiro atoms. The van der Waals surface area contributed by atoms with E-state index in [0.29, 0.717) is 5.92 Å². The van der Waals surface area contributed by atoms with Gasteiger partial charge in [0.15, 0.2) is 6.29 Å². The average molecular weight is 449 g/mol. The fraction of sp³-hybridized carbons (Fsp3) is 0.613. The Morgan fingerprint density at radius 3 is 2.06 bits per heavy atom. The molecule has 2 aliphatic rings. The fourth-order valence-corrected chi connectivity index (χ4v) is 5.86. The predicted octanol–water partition coefficient (Wildman–Crippen LogP) is 8.98. The van der Waals surface area contributed by atoms with Crippen molar-refractivity contribution in [3.63, 3.8) is 0 Å². The third-order valence-corrected chi connectivity index (χ3v) is 7.94. The summed E-state index contributed by atoms with van der Waals surface area (Å²) in [6.07, 6.45) is 13.1. The van der Waals surface area contributed by atoms with Crippen molar-refractivity contribution in [3.05, 3.63) is 59.2 Å². The lowest BCUT2D eigenvalue weighted by molar-refractivity contribution is -0.206. The van der Waals surface area contributed by atoms with Crippen LogP contribution in [0, 0.1) is 18.8 Å². The van der Waals surface area contributed by atoms with Gasteiger partial charge >= 0.3 is 0 Å². The van der Waals surface area contributed by atoms with Gasteiger partial charge in [-0.05, 0) is 73.1 Å². The van der Waals surface area contributed by atoms with Crippen LogP contribution in [-0.2, 0) is 9.47 Å². The molecule has 0 amide bonds. The first-order chi connectivity index (χ1) is 16.2. The number of hydrogen-bond acceptors (Lipinski definition) is 2. The molecule has 0 radical (unpaired) electrons. The van der Waals surface area contributed by atoms with E-state index in [1.807, 2.05) is 0 Å². The monoisotopic (exact) mass is 448 g/mol. The van der Waals surface area contributed by atoms with Gasteiger partial charge in [0.05, 0.1) is 13.2 Å². The molecular formula is C31H44O2. The highest BCUT2D eigenvalue weighted by Gasteiger charge is 2.24. The highest BCUT2D eigenvalue weighted by molar-refractivity contribution is 5.68. The minimum absolute atomic E-state index is 0.215. The van der Waals surface area contributed by atoms with Gasteiger partial charge in [0, 0.05) is 11.5 Å². The molecule has 1 heterocycles. The third kappa shape index (κ3) is 6.49. The molecule has 0 unspecified atom stereocenters. The second-order valence-electron chi connectivity index (χ2n) is 10.6. The van der Waals surface area contributed by atoms with Crippen LogP contribution in [0.5, 0.6) is 0 Å². The van der Waals surface area contributed by atoms with E-state index in [1.54, 1.807) is 5.56 Å². The van der Waals surface area contributed by atoms with Gasteiger partial charge in [-0.25, -0.2) is 0 Å². The summed E-state index contributed by atoms with van der Waals surface area (Å²) in [5.41, 5.74) is 6.68. The lowest BCUT2D eigenvalue weighted by atomic mass is 9.77. The number of rotatable bonds is 9. The summed E-state index contributed by atoms with van der Waals surface area (Å²) in [6.45, 7) is 8.47. The van der Waals surface area contributed by atoms with Crippen LogP contribution in [0.1, 0.15) is 107 Å². The van der Waals surface area contributed by atoms with E-state index < -0.39 is 0 Å². The molecule has 0 N–H and O–H groups in total. The quantitative estimate of drug-likeness (QED) is 0.356. The molecule has 4 rings (SSSR count). The van der Waals surface area contributed by atoms with Crippen molar-refractivity contribution in [3.8, 4) is 11.1 Å². The van der Waals surface area contributed by atoms with Crippen LogP contribution in [-0.4, -0.2) is 13.2 Å². The molecule has 0 bridgehead atoms. The van der Waals surface area contributed by atoms with Crippen molar-refractivity contribution in [2.75, 3.05) is 13.2 Å². The topological polar surface area (TPSA) is 18.5 Å². The Kier molecular flexibility index (Phi) is 9.03. The van der Waals surface area contributed by atoms with Crippen molar-refractivity contribution >= 4 is 0 Å². The molecule has 2 aromatic rings. The highest BCUT2D eigenvalue weighted by atomic mass is 16.7. The lowest BCUT2D eigenvalue weighted by Gasteiger charge is -2.30. The molecule has 2 fully saturated rings. The van der Waals surface area contributed by atoms with Crippen LogP contribution in [0.15, 0.2) is 42.5 Å². The van der Waals surface area contributed by atoms with Gasteiger partial charge in [-0.2, -0.15) is 0 Å². The van der Waals surface area contributed by atoms with Gasteiger partial charge in [0.2, 0.25) is 0 Å². The normalized spacial score (nSPS) is 25.8. The summed E-state index contributed by atoms with van der Waals surface area (Å²) in [7, 11) is 0. The van der Waals surface area contributed by atoms with Gasteiger partial charge in [-0.3, -0.25) is 0 Å². The Morgan fingerprint density at radius 2 is 1.42 bits per heavy atom. The molecule has 2 heteroatoms. The van der Waals surface area contributed by atoms with Crippen LogP contribution in [0.2, 0.25) is 0 Å². The molecule has 0 aromatic heterocycles. The first-order valence-corrected chi connectivity index (χ1v) is 13.6. The molecule has 1 aliphatic carbocycles. The summed E-state index contributed by atoms with van der Waals surface area (Å²) in [5, 5.41) is 0. The second-order valence-corrected chi connectivity index (χ2v) is 10.6. The van der Waals surface area contributed by atoms with Gasteiger partial charge in [-0.15, -0.1) is 0 Å². The first-order valence-electron chi connectivity index (χ1n) is 13.6. The SMILES string of the molecule is CCCCCC1COC(c2ccc(-c3ccc(C4CCC(CCC)CC4)cc3C)cc2)OC1. The zero-order chi connectivity index (χ0) is 23.0. The van der Waals surface area contributed by atoms with E-state index in [0.717, 1.165) is 30.6 Å². The van der Waals surface area contributed by atoms with Crippen LogP contribution >= 0.6 is 0 Å². The third-order valence-electron chi connectivity index (χ3n) is 7.94. The predicted molar refractivity (Wildman–Crippen MR) is 138 cm³/mol. The highest BCUT2D eigenvalue weighted by Crippen LogP contribution is 2.39. The first kappa shape index (κ1) is 24.5. The summed E-state index contributed by atoms with van der Waals surface area (Å²) in [6, 6.07) is 16.0. The lowest BCUT2D eigenvalue weighted by Crippen LogP contribution is -2.27. The number of hydrogen-bond donors (Lipinski definition) is 0. The van der Waals surface area contributed by atoms with E-state index >= 15 is 0 Å². The summed E-state index contributed by atoms with van der Waals surface area (Å²) >= 11 is 0. The number of benzene rings is 2. The summed E-state index contributed by atoms with van der Waals surface area (Å²) in [5.74, 6) is 2.27. The fourth-order valence-electron chi connectivity index (χ4n) is 5.86. The molecule has 2 nitrogen and oxygen atoms in total. The Bertz CT molecular complexity index is 840. The van der Waals surface area contributed by atoms with Crippen molar-refractivity contribution < 1.29 is 9.47 Å². The van der Waals surface area contributed by atoms with Gasteiger partial charge in [0.1, 0.15) is 0 Å². The van der Waals surface area contributed by atoms with E-state index in [1.165, 1.54) is 80.9 Å². The maximum absolute atomic E-state index is 6.06.